The molecule has 31 heavy (non-hydrogen) atoms. The average molecular weight is 431 g/mol. The lowest BCUT2D eigenvalue weighted by Crippen LogP contribution is -2.48. The number of hydrogen-bond acceptors (Lipinski definition) is 5. The monoisotopic (exact) mass is 431 g/mol. The van der Waals surface area contributed by atoms with Gasteiger partial charge in [-0.15, -0.1) is 0 Å². The molecule has 1 atom stereocenters. The first-order chi connectivity index (χ1) is 14.6. The number of imide groups is 2. The molecule has 1 fully saturated rings. The normalized spacial score (nSPS) is 18.8. The number of carbonyl (C=O) groups excluding carboxylic acids is 3. The number of urea groups is 1. The standard InChI is InChI=1S/C21H16F3N3O4/c1-3-31-19(30)27-18(29)26(17(28)20(27,2)14-7-5-4-6-8-14)15-10-9-13(12-25)16(11-15)21(22,23)24/h4-11H,3H2,1-2H3. The van der Waals surface area contributed by atoms with Gasteiger partial charge in [0.15, 0.2) is 5.54 Å². The molecular weight excluding hydrogens is 415 g/mol. The van der Waals surface area contributed by atoms with Gasteiger partial charge in [0.05, 0.1) is 29.5 Å². The van der Waals surface area contributed by atoms with Crippen molar-refractivity contribution in [2.75, 3.05) is 11.5 Å². The summed E-state index contributed by atoms with van der Waals surface area (Å²) in [6.07, 6.45) is -6.00. The Labute approximate surface area is 175 Å². The van der Waals surface area contributed by atoms with Crippen LogP contribution >= 0.6 is 0 Å². The number of anilines is 1. The average Bonchev–Trinajstić information content (AvgIpc) is 2.94. The molecule has 2 aromatic rings. The fraction of sp³-hybridized carbons (Fsp3) is 0.238. The van der Waals surface area contributed by atoms with Crippen LogP contribution in [-0.4, -0.2) is 29.5 Å². The molecule has 1 aliphatic heterocycles. The lowest BCUT2D eigenvalue weighted by atomic mass is 9.90. The zero-order chi connectivity index (χ0) is 23.0. The predicted octanol–water partition coefficient (Wildman–Crippen LogP) is 4.42. The molecule has 160 valence electrons. The van der Waals surface area contributed by atoms with Crippen LogP contribution in [0, 0.1) is 11.3 Å². The molecule has 2 aromatic carbocycles. The second kappa shape index (κ2) is 7.75. The van der Waals surface area contributed by atoms with Gasteiger partial charge in [0, 0.05) is 0 Å². The Morgan fingerprint density at radius 3 is 2.35 bits per heavy atom. The Hall–Kier alpha value is -3.87. The van der Waals surface area contributed by atoms with E-state index >= 15 is 0 Å². The van der Waals surface area contributed by atoms with E-state index in [9.17, 15) is 27.6 Å². The molecule has 0 bridgehead atoms. The van der Waals surface area contributed by atoms with E-state index in [1.54, 1.807) is 18.2 Å². The fourth-order valence-electron chi connectivity index (χ4n) is 3.39. The van der Waals surface area contributed by atoms with E-state index in [4.69, 9.17) is 10.00 Å². The van der Waals surface area contributed by atoms with Crippen LogP contribution in [0.2, 0.25) is 0 Å². The summed E-state index contributed by atoms with van der Waals surface area (Å²) in [7, 11) is 0. The molecular formula is C21H16F3N3O4. The molecule has 0 spiro atoms. The summed E-state index contributed by atoms with van der Waals surface area (Å²) >= 11 is 0. The largest absolute Gasteiger partial charge is 0.449 e. The van der Waals surface area contributed by atoms with E-state index in [-0.39, 0.29) is 12.2 Å². The second-order valence-corrected chi connectivity index (χ2v) is 6.74. The molecule has 0 radical (unpaired) electrons. The van der Waals surface area contributed by atoms with Gasteiger partial charge in [-0.3, -0.25) is 4.79 Å². The lowest BCUT2D eigenvalue weighted by Gasteiger charge is -2.29. The van der Waals surface area contributed by atoms with Crippen molar-refractivity contribution in [3.8, 4) is 6.07 Å². The minimum absolute atomic E-state index is 0.0865. The number of amides is 4. The van der Waals surface area contributed by atoms with Crippen LogP contribution in [0.1, 0.15) is 30.5 Å². The maximum Gasteiger partial charge on any atom is 0.419 e. The van der Waals surface area contributed by atoms with E-state index in [1.165, 1.54) is 32.0 Å². The van der Waals surface area contributed by atoms with Gasteiger partial charge >= 0.3 is 18.3 Å². The number of nitrogens with zero attached hydrogens (tertiary/aromatic N) is 3. The van der Waals surface area contributed by atoms with Crippen molar-refractivity contribution in [2.45, 2.75) is 25.6 Å². The third kappa shape index (κ3) is 3.48. The highest BCUT2D eigenvalue weighted by Crippen LogP contribution is 2.42. The zero-order valence-corrected chi connectivity index (χ0v) is 16.4. The fourth-order valence-corrected chi connectivity index (χ4v) is 3.39. The van der Waals surface area contributed by atoms with Crippen LogP contribution in [0.15, 0.2) is 48.5 Å². The number of ether oxygens (including phenoxy) is 1. The maximum atomic E-state index is 13.4. The Balaban J connectivity index is 2.20. The zero-order valence-electron chi connectivity index (χ0n) is 16.4. The summed E-state index contributed by atoms with van der Waals surface area (Å²) in [5, 5.41) is 8.98. The Morgan fingerprint density at radius 1 is 1.16 bits per heavy atom. The van der Waals surface area contributed by atoms with Gasteiger partial charge < -0.3 is 4.74 Å². The van der Waals surface area contributed by atoms with Crippen molar-refractivity contribution in [1.82, 2.24) is 4.90 Å². The van der Waals surface area contributed by atoms with E-state index in [0.29, 0.717) is 15.9 Å². The molecule has 1 saturated heterocycles. The Kier molecular flexibility index (Phi) is 5.46. The molecule has 0 aromatic heterocycles. The third-order valence-corrected chi connectivity index (χ3v) is 4.92. The van der Waals surface area contributed by atoms with Crippen LogP contribution in [0.5, 0.6) is 0 Å². The number of benzene rings is 2. The summed E-state index contributed by atoms with van der Waals surface area (Å²) in [6, 6.07) is 10.6. The quantitative estimate of drug-likeness (QED) is 0.671. The van der Waals surface area contributed by atoms with Gasteiger partial charge in [-0.25, -0.2) is 19.4 Å². The van der Waals surface area contributed by atoms with Crippen molar-refractivity contribution < 1.29 is 32.3 Å². The minimum atomic E-state index is -4.89. The first-order valence-corrected chi connectivity index (χ1v) is 9.09. The van der Waals surface area contributed by atoms with E-state index in [1.807, 2.05) is 0 Å². The summed E-state index contributed by atoms with van der Waals surface area (Å²) in [5.74, 6) is -0.936. The van der Waals surface area contributed by atoms with Crippen LogP contribution < -0.4 is 4.90 Å². The predicted molar refractivity (Wildman–Crippen MR) is 102 cm³/mol. The molecule has 10 heteroatoms. The highest BCUT2D eigenvalue weighted by atomic mass is 19.4. The van der Waals surface area contributed by atoms with Crippen LogP contribution in [-0.2, 0) is 21.2 Å². The molecule has 0 aliphatic carbocycles. The van der Waals surface area contributed by atoms with Crippen molar-refractivity contribution >= 4 is 23.7 Å². The number of rotatable bonds is 3. The molecule has 1 unspecified atom stereocenters. The Bertz CT molecular complexity index is 1100. The van der Waals surface area contributed by atoms with Crippen LogP contribution in [0.25, 0.3) is 0 Å². The molecule has 0 N–H and O–H groups in total. The van der Waals surface area contributed by atoms with Crippen molar-refractivity contribution in [3.05, 3.63) is 65.2 Å². The lowest BCUT2D eigenvalue weighted by molar-refractivity contribution is -0.137. The summed E-state index contributed by atoms with van der Waals surface area (Å²) in [6.45, 7) is 2.73. The number of nitriles is 1. The molecule has 3 rings (SSSR count). The highest BCUT2D eigenvalue weighted by Gasteiger charge is 2.59. The second-order valence-electron chi connectivity index (χ2n) is 6.74. The first kappa shape index (κ1) is 21.8. The van der Waals surface area contributed by atoms with Crippen molar-refractivity contribution in [2.24, 2.45) is 0 Å². The van der Waals surface area contributed by atoms with Gasteiger partial charge in [-0.1, -0.05) is 30.3 Å². The maximum absolute atomic E-state index is 13.4. The molecule has 1 heterocycles. The molecule has 4 amide bonds. The van der Waals surface area contributed by atoms with E-state index in [0.717, 1.165) is 12.1 Å². The Morgan fingerprint density at radius 2 is 1.81 bits per heavy atom. The number of halogens is 3. The summed E-state index contributed by atoms with van der Waals surface area (Å²) in [4.78, 5) is 40.1. The third-order valence-electron chi connectivity index (χ3n) is 4.92. The SMILES string of the molecule is CCOC(=O)N1C(=O)N(c2ccc(C#N)c(C(F)(F)F)c2)C(=O)C1(C)c1ccccc1. The van der Waals surface area contributed by atoms with Gasteiger partial charge in [0.25, 0.3) is 5.91 Å². The van der Waals surface area contributed by atoms with Crippen LogP contribution in [0.3, 0.4) is 0 Å². The van der Waals surface area contributed by atoms with E-state index in [2.05, 4.69) is 0 Å². The first-order valence-electron chi connectivity index (χ1n) is 9.09. The van der Waals surface area contributed by atoms with E-state index < -0.39 is 46.6 Å². The van der Waals surface area contributed by atoms with Crippen molar-refractivity contribution in [1.29, 1.82) is 5.26 Å². The number of hydrogen-bond donors (Lipinski definition) is 0. The summed E-state index contributed by atoms with van der Waals surface area (Å²) in [5.41, 5.74) is -3.96. The topological polar surface area (TPSA) is 90.7 Å². The molecule has 7 nitrogen and oxygen atoms in total. The highest BCUT2D eigenvalue weighted by molar-refractivity contribution is 6.26. The smallest absolute Gasteiger partial charge is 0.419 e. The van der Waals surface area contributed by atoms with Gasteiger partial charge in [0.2, 0.25) is 0 Å². The minimum Gasteiger partial charge on any atom is -0.449 e. The number of carbonyl (C=O) groups is 3. The molecule has 0 saturated carbocycles. The van der Waals surface area contributed by atoms with Gasteiger partial charge in [-0.2, -0.15) is 18.4 Å². The molecule has 1 aliphatic rings. The van der Waals surface area contributed by atoms with Crippen molar-refractivity contribution in [3.63, 3.8) is 0 Å². The number of alkyl halides is 3. The van der Waals surface area contributed by atoms with Crippen LogP contribution in [0.4, 0.5) is 28.4 Å². The van der Waals surface area contributed by atoms with Gasteiger partial charge in [-0.05, 0) is 37.6 Å². The van der Waals surface area contributed by atoms with Gasteiger partial charge in [0.1, 0.15) is 0 Å². The summed E-state index contributed by atoms with van der Waals surface area (Å²) < 4.78 is 45.1.